The van der Waals surface area contributed by atoms with Crippen LogP contribution in [0.4, 0.5) is 0 Å². The van der Waals surface area contributed by atoms with Crippen molar-refractivity contribution < 1.29 is 19.1 Å². The van der Waals surface area contributed by atoms with E-state index in [2.05, 4.69) is 87.5 Å². The molecule has 0 spiro atoms. The molecule has 0 radical (unpaired) electrons. The lowest BCUT2D eigenvalue weighted by Gasteiger charge is -2.44. The maximum absolute atomic E-state index is 11.3. The van der Waals surface area contributed by atoms with Crippen LogP contribution in [0, 0.1) is 11.8 Å². The number of aliphatic hydroxyl groups is 1. The number of aliphatic hydroxyl groups excluding tert-OH is 1. The van der Waals surface area contributed by atoms with Crippen molar-refractivity contribution in [3.63, 3.8) is 0 Å². The quantitative estimate of drug-likeness (QED) is 0.300. The molecule has 0 heterocycles. The Labute approximate surface area is 206 Å². The third kappa shape index (κ3) is 6.07. The van der Waals surface area contributed by atoms with Gasteiger partial charge in [-0.3, -0.25) is 4.79 Å². The molecule has 1 fully saturated rings. The number of carbonyl (C=O) groups is 1. The molecule has 1 N–H and O–H groups in total. The molecular formula is C29H40O4Si. The smallest absolute Gasteiger partial charge is 0.305 e. The molecule has 0 amide bonds. The fourth-order valence-corrected chi connectivity index (χ4v) is 9.97. The number of allylic oxidation sites excluding steroid dienone is 2. The summed E-state index contributed by atoms with van der Waals surface area (Å²) in [4.78, 5) is 11.3. The standard InChI is InChI=1S/C29H40O4Si/c1-29(2,3)34(24-14-8-5-9-15-24,25-16-10-6-11-17-25)33-22-23-20-21-27(30)26(23)18-12-7-13-19-28(31)32-4/h5-12,14-17,23,26-27,30H,13,18-22H2,1-4H3/b12-7-/t23-,26-,27+/m1/s1. The molecule has 4 nitrogen and oxygen atoms in total. The van der Waals surface area contributed by atoms with Crippen molar-refractivity contribution in [2.75, 3.05) is 13.7 Å². The van der Waals surface area contributed by atoms with Gasteiger partial charge in [-0.15, -0.1) is 0 Å². The molecule has 0 unspecified atom stereocenters. The number of benzene rings is 2. The Kier molecular flexibility index (Phi) is 9.29. The molecule has 1 saturated carbocycles. The van der Waals surface area contributed by atoms with Crippen LogP contribution in [-0.4, -0.2) is 39.2 Å². The molecule has 0 aromatic heterocycles. The number of carbonyl (C=O) groups excluding carboxylic acids is 1. The van der Waals surface area contributed by atoms with E-state index in [4.69, 9.17) is 9.16 Å². The van der Waals surface area contributed by atoms with Gasteiger partial charge < -0.3 is 14.3 Å². The zero-order chi connectivity index (χ0) is 24.6. The van der Waals surface area contributed by atoms with Gasteiger partial charge in [-0.25, -0.2) is 0 Å². The lowest BCUT2D eigenvalue weighted by Crippen LogP contribution is -2.67. The van der Waals surface area contributed by atoms with E-state index in [9.17, 15) is 9.90 Å². The molecule has 1 aliphatic carbocycles. The highest BCUT2D eigenvalue weighted by Gasteiger charge is 2.51. The van der Waals surface area contributed by atoms with E-state index in [0.29, 0.717) is 25.4 Å². The van der Waals surface area contributed by atoms with Gasteiger partial charge >= 0.3 is 5.97 Å². The minimum absolute atomic E-state index is 0.0593. The van der Waals surface area contributed by atoms with Gasteiger partial charge in [0.2, 0.25) is 0 Å². The maximum atomic E-state index is 11.3. The van der Waals surface area contributed by atoms with Crippen molar-refractivity contribution in [1.82, 2.24) is 0 Å². The number of esters is 1. The molecular weight excluding hydrogens is 440 g/mol. The highest BCUT2D eigenvalue weighted by atomic mass is 28.4. The van der Waals surface area contributed by atoms with Crippen molar-refractivity contribution in [3.05, 3.63) is 72.8 Å². The first-order valence-corrected chi connectivity index (χ1v) is 14.4. The van der Waals surface area contributed by atoms with Crippen molar-refractivity contribution in [3.8, 4) is 0 Å². The number of ether oxygens (including phenoxy) is 1. The zero-order valence-corrected chi connectivity index (χ0v) is 22.1. The van der Waals surface area contributed by atoms with E-state index in [1.54, 1.807) is 0 Å². The Morgan fingerprint density at radius 2 is 1.59 bits per heavy atom. The molecule has 1 aliphatic rings. The zero-order valence-electron chi connectivity index (χ0n) is 21.1. The second-order valence-corrected chi connectivity index (χ2v) is 14.7. The Bertz CT molecular complexity index is 881. The second-order valence-electron chi connectivity index (χ2n) is 10.4. The maximum Gasteiger partial charge on any atom is 0.305 e. The fraction of sp³-hybridized carbons (Fsp3) is 0.483. The summed E-state index contributed by atoms with van der Waals surface area (Å²) in [6.07, 6.45) is 7.48. The van der Waals surface area contributed by atoms with Crippen LogP contribution in [-0.2, 0) is 14.0 Å². The van der Waals surface area contributed by atoms with E-state index in [1.165, 1.54) is 17.5 Å². The predicted molar refractivity (Wildman–Crippen MR) is 141 cm³/mol. The minimum Gasteiger partial charge on any atom is -0.469 e. The summed E-state index contributed by atoms with van der Waals surface area (Å²) < 4.78 is 11.8. The first kappa shape index (κ1) is 26.4. The van der Waals surface area contributed by atoms with Gasteiger partial charge in [0, 0.05) is 13.0 Å². The summed E-state index contributed by atoms with van der Waals surface area (Å²) in [6, 6.07) is 21.4. The second kappa shape index (κ2) is 12.0. The molecule has 2 aromatic carbocycles. The molecule has 34 heavy (non-hydrogen) atoms. The van der Waals surface area contributed by atoms with Crippen molar-refractivity contribution >= 4 is 24.7 Å². The van der Waals surface area contributed by atoms with E-state index < -0.39 is 8.32 Å². The van der Waals surface area contributed by atoms with Gasteiger partial charge in [-0.05, 0) is 52.9 Å². The van der Waals surface area contributed by atoms with Crippen LogP contribution in [0.2, 0.25) is 5.04 Å². The lowest BCUT2D eigenvalue weighted by atomic mass is 9.92. The van der Waals surface area contributed by atoms with E-state index in [1.807, 2.05) is 6.08 Å². The Morgan fingerprint density at radius 3 is 2.12 bits per heavy atom. The summed E-state index contributed by atoms with van der Waals surface area (Å²) in [7, 11) is -1.17. The monoisotopic (exact) mass is 480 g/mol. The summed E-state index contributed by atoms with van der Waals surface area (Å²) in [6.45, 7) is 7.53. The van der Waals surface area contributed by atoms with Gasteiger partial charge in [-0.1, -0.05) is 93.6 Å². The number of hydrogen-bond donors (Lipinski definition) is 1. The SMILES string of the molecule is COC(=O)CC/C=C\C[C@@H]1[C@@H](CO[Si](c2ccccc2)(c2ccccc2)C(C)(C)C)CC[C@@H]1O. The Balaban J connectivity index is 1.80. The number of rotatable bonds is 10. The van der Waals surface area contributed by atoms with Gasteiger partial charge in [0.25, 0.3) is 8.32 Å². The first-order valence-electron chi connectivity index (χ1n) is 12.4. The van der Waals surface area contributed by atoms with Crippen LogP contribution in [0.25, 0.3) is 0 Å². The minimum atomic E-state index is -2.58. The summed E-state index contributed by atoms with van der Waals surface area (Å²) in [5, 5.41) is 13.2. The lowest BCUT2D eigenvalue weighted by molar-refractivity contribution is -0.140. The normalized spacial score (nSPS) is 21.1. The van der Waals surface area contributed by atoms with Crippen LogP contribution in [0.5, 0.6) is 0 Å². The van der Waals surface area contributed by atoms with Gasteiger partial charge in [0.15, 0.2) is 0 Å². The third-order valence-electron chi connectivity index (χ3n) is 7.18. The van der Waals surface area contributed by atoms with Crippen LogP contribution >= 0.6 is 0 Å². The Morgan fingerprint density at radius 1 is 1.00 bits per heavy atom. The molecule has 184 valence electrons. The van der Waals surface area contributed by atoms with Crippen LogP contribution < -0.4 is 10.4 Å². The molecule has 2 aromatic rings. The first-order chi connectivity index (χ1) is 16.3. The van der Waals surface area contributed by atoms with Crippen molar-refractivity contribution in [1.29, 1.82) is 0 Å². The van der Waals surface area contributed by atoms with Gasteiger partial charge in [0.05, 0.1) is 13.2 Å². The highest BCUT2D eigenvalue weighted by Crippen LogP contribution is 2.40. The molecule has 0 bridgehead atoms. The summed E-state index contributed by atoms with van der Waals surface area (Å²) in [5.41, 5.74) is 0. The molecule has 0 saturated heterocycles. The fourth-order valence-electron chi connectivity index (χ4n) is 5.35. The van der Waals surface area contributed by atoms with Crippen LogP contribution in [0.1, 0.15) is 52.9 Å². The molecule has 5 heteroatoms. The van der Waals surface area contributed by atoms with E-state index >= 15 is 0 Å². The summed E-state index contributed by atoms with van der Waals surface area (Å²) in [5.74, 6) is 0.289. The number of hydrogen-bond acceptors (Lipinski definition) is 4. The van der Waals surface area contributed by atoms with Crippen molar-refractivity contribution in [2.24, 2.45) is 11.8 Å². The average Bonchev–Trinajstić information content (AvgIpc) is 3.19. The highest BCUT2D eigenvalue weighted by molar-refractivity contribution is 6.99. The molecule has 0 aliphatic heterocycles. The predicted octanol–water partition coefficient (Wildman–Crippen LogP) is 4.85. The Hall–Kier alpha value is -2.21. The van der Waals surface area contributed by atoms with E-state index in [-0.39, 0.29) is 23.0 Å². The van der Waals surface area contributed by atoms with Crippen LogP contribution in [0.15, 0.2) is 72.8 Å². The largest absolute Gasteiger partial charge is 0.469 e. The average molecular weight is 481 g/mol. The topological polar surface area (TPSA) is 55.8 Å². The molecule has 3 rings (SSSR count). The third-order valence-corrected chi connectivity index (χ3v) is 12.2. The van der Waals surface area contributed by atoms with Gasteiger partial charge in [-0.2, -0.15) is 0 Å². The summed E-state index contributed by atoms with van der Waals surface area (Å²) >= 11 is 0. The van der Waals surface area contributed by atoms with Gasteiger partial charge in [0.1, 0.15) is 0 Å². The van der Waals surface area contributed by atoms with Crippen LogP contribution in [0.3, 0.4) is 0 Å². The molecule has 3 atom stereocenters. The number of methoxy groups -OCH3 is 1. The van der Waals surface area contributed by atoms with E-state index in [0.717, 1.165) is 19.3 Å². The van der Waals surface area contributed by atoms with Crippen molar-refractivity contribution in [2.45, 2.75) is 64.0 Å².